The maximum absolute atomic E-state index is 2.45. The first-order valence-electron chi connectivity index (χ1n) is 22.6. The van der Waals surface area contributed by atoms with Crippen LogP contribution in [0.4, 0.5) is 17.1 Å². The van der Waals surface area contributed by atoms with Gasteiger partial charge in [0.2, 0.25) is 0 Å². The Kier molecular flexibility index (Phi) is 9.21. The van der Waals surface area contributed by atoms with Crippen LogP contribution in [0.1, 0.15) is 25.0 Å². The molecule has 65 heavy (non-hydrogen) atoms. The molecule has 0 N–H and O–H groups in total. The fraction of sp³-hybridized carbons (Fsp3) is 0.0476. The zero-order valence-corrected chi connectivity index (χ0v) is 36.5. The van der Waals surface area contributed by atoms with E-state index in [1.165, 1.54) is 77.5 Å². The van der Waals surface area contributed by atoms with Crippen molar-refractivity contribution in [1.82, 2.24) is 4.57 Å². The molecule has 0 aliphatic heterocycles. The first-order chi connectivity index (χ1) is 32.0. The van der Waals surface area contributed by atoms with Crippen molar-refractivity contribution in [1.29, 1.82) is 0 Å². The zero-order chi connectivity index (χ0) is 43.5. The van der Waals surface area contributed by atoms with Crippen molar-refractivity contribution >= 4 is 38.9 Å². The van der Waals surface area contributed by atoms with Crippen molar-refractivity contribution in [3.63, 3.8) is 0 Å². The number of hydrogen-bond donors (Lipinski definition) is 0. The fourth-order valence-corrected chi connectivity index (χ4v) is 10.5. The predicted molar refractivity (Wildman–Crippen MR) is 275 cm³/mol. The molecule has 2 heteroatoms. The Morgan fingerprint density at radius 1 is 0.323 bits per heavy atom. The summed E-state index contributed by atoms with van der Waals surface area (Å²) in [5.41, 5.74) is 21.7. The Hall–Kier alpha value is -8.20. The summed E-state index contributed by atoms with van der Waals surface area (Å²) in [5, 5.41) is 2.46. The van der Waals surface area contributed by atoms with Gasteiger partial charge in [-0.2, -0.15) is 0 Å². The van der Waals surface area contributed by atoms with Gasteiger partial charge in [-0.15, -0.1) is 0 Å². The average molecular weight is 831 g/mol. The second-order valence-corrected chi connectivity index (χ2v) is 17.7. The lowest BCUT2D eigenvalue weighted by atomic mass is 9.81. The third kappa shape index (κ3) is 6.40. The van der Waals surface area contributed by atoms with Crippen LogP contribution in [0.3, 0.4) is 0 Å². The molecule has 0 saturated carbocycles. The van der Waals surface area contributed by atoms with Gasteiger partial charge in [0.15, 0.2) is 0 Å². The van der Waals surface area contributed by atoms with Crippen molar-refractivity contribution in [2.45, 2.75) is 19.3 Å². The third-order valence-corrected chi connectivity index (χ3v) is 13.6. The van der Waals surface area contributed by atoms with E-state index in [2.05, 4.69) is 266 Å². The molecule has 0 saturated heterocycles. The van der Waals surface area contributed by atoms with E-state index in [1.807, 2.05) is 0 Å². The van der Waals surface area contributed by atoms with E-state index in [4.69, 9.17) is 0 Å². The molecule has 1 aromatic heterocycles. The van der Waals surface area contributed by atoms with Gasteiger partial charge < -0.3 is 9.47 Å². The van der Waals surface area contributed by atoms with Crippen LogP contribution in [-0.4, -0.2) is 4.57 Å². The van der Waals surface area contributed by atoms with E-state index < -0.39 is 0 Å². The number of aromatic nitrogens is 1. The molecule has 0 bridgehead atoms. The lowest BCUT2D eigenvalue weighted by molar-refractivity contribution is 0.660. The van der Waals surface area contributed by atoms with E-state index in [0.717, 1.165) is 33.8 Å². The second kappa shape index (κ2) is 15.6. The Labute approximate surface area is 381 Å². The van der Waals surface area contributed by atoms with Gasteiger partial charge >= 0.3 is 0 Å². The molecule has 1 aliphatic carbocycles. The molecule has 11 aromatic rings. The van der Waals surface area contributed by atoms with Gasteiger partial charge in [-0.25, -0.2) is 0 Å². The molecule has 1 aliphatic rings. The Balaban J connectivity index is 1.05. The average Bonchev–Trinajstić information content (AvgIpc) is 3.82. The number of fused-ring (bicyclic) bond motifs is 6. The summed E-state index contributed by atoms with van der Waals surface area (Å²) in [6, 6.07) is 88.9. The number of para-hydroxylation sites is 3. The molecule has 0 fully saturated rings. The van der Waals surface area contributed by atoms with Gasteiger partial charge in [0.05, 0.1) is 16.7 Å². The number of hydrogen-bond acceptors (Lipinski definition) is 1. The number of rotatable bonds is 8. The van der Waals surface area contributed by atoms with E-state index in [9.17, 15) is 0 Å². The van der Waals surface area contributed by atoms with Gasteiger partial charge in [-0.3, -0.25) is 0 Å². The van der Waals surface area contributed by atoms with Crippen molar-refractivity contribution in [3.05, 3.63) is 254 Å². The zero-order valence-electron chi connectivity index (χ0n) is 36.5. The van der Waals surface area contributed by atoms with Gasteiger partial charge in [0.25, 0.3) is 0 Å². The minimum absolute atomic E-state index is 0.0683. The van der Waals surface area contributed by atoms with Crippen LogP contribution in [-0.2, 0) is 5.41 Å². The maximum atomic E-state index is 2.45. The van der Waals surface area contributed by atoms with Crippen LogP contribution in [0.25, 0.3) is 83.1 Å². The Morgan fingerprint density at radius 3 is 1.60 bits per heavy atom. The van der Waals surface area contributed by atoms with Crippen LogP contribution < -0.4 is 4.90 Å². The van der Waals surface area contributed by atoms with Crippen molar-refractivity contribution < 1.29 is 0 Å². The first-order valence-corrected chi connectivity index (χ1v) is 22.6. The molecule has 10 aromatic carbocycles. The van der Waals surface area contributed by atoms with Crippen molar-refractivity contribution in [2.75, 3.05) is 4.90 Å². The molecule has 0 spiro atoms. The lowest BCUT2D eigenvalue weighted by Gasteiger charge is -2.29. The van der Waals surface area contributed by atoms with E-state index in [-0.39, 0.29) is 5.41 Å². The highest BCUT2D eigenvalue weighted by atomic mass is 15.1. The maximum Gasteiger partial charge on any atom is 0.0561 e. The highest BCUT2D eigenvalue weighted by Gasteiger charge is 2.35. The quantitative estimate of drug-likeness (QED) is 0.148. The van der Waals surface area contributed by atoms with Gasteiger partial charge in [-0.05, 0) is 116 Å². The highest BCUT2D eigenvalue weighted by molar-refractivity contribution is 6.10. The van der Waals surface area contributed by atoms with Crippen molar-refractivity contribution in [2.24, 2.45) is 0 Å². The molecule has 1 heterocycles. The van der Waals surface area contributed by atoms with Gasteiger partial charge in [-0.1, -0.05) is 202 Å². The molecule has 308 valence electrons. The minimum atomic E-state index is -0.0683. The third-order valence-electron chi connectivity index (χ3n) is 13.6. The molecule has 12 rings (SSSR count). The SMILES string of the molecule is CC1(C)c2ccccc2-c2ccc(-c3ccc(N(c4ccc5c6ccccc6n(-c6ccccc6)c5c4)c4ccccc4-c4ccccc4-c4ccccc4-c4ccccc4)cc3)cc21. The lowest BCUT2D eigenvalue weighted by Crippen LogP contribution is -2.14. The van der Waals surface area contributed by atoms with Gasteiger partial charge in [0, 0.05) is 38.8 Å². The summed E-state index contributed by atoms with van der Waals surface area (Å²) in [4.78, 5) is 2.45. The predicted octanol–water partition coefficient (Wildman–Crippen LogP) is 17.2. The first kappa shape index (κ1) is 38.5. The molecule has 2 nitrogen and oxygen atoms in total. The summed E-state index contributed by atoms with van der Waals surface area (Å²) >= 11 is 0. The summed E-state index contributed by atoms with van der Waals surface area (Å²) in [6.45, 7) is 4.71. The van der Waals surface area contributed by atoms with E-state index in [1.54, 1.807) is 0 Å². The summed E-state index contributed by atoms with van der Waals surface area (Å²) in [5.74, 6) is 0. The van der Waals surface area contributed by atoms with Crippen LogP contribution in [0, 0.1) is 0 Å². The summed E-state index contributed by atoms with van der Waals surface area (Å²) < 4.78 is 2.41. The smallest absolute Gasteiger partial charge is 0.0561 e. The Morgan fingerprint density at radius 2 is 0.846 bits per heavy atom. The topological polar surface area (TPSA) is 8.17 Å². The van der Waals surface area contributed by atoms with Crippen LogP contribution in [0.15, 0.2) is 243 Å². The van der Waals surface area contributed by atoms with Crippen LogP contribution >= 0.6 is 0 Å². The molecule has 0 atom stereocenters. The van der Waals surface area contributed by atoms with E-state index in [0.29, 0.717) is 0 Å². The highest BCUT2D eigenvalue weighted by Crippen LogP contribution is 2.50. The van der Waals surface area contributed by atoms with Crippen LogP contribution in [0.2, 0.25) is 0 Å². The standard InChI is InChI=1S/C63H46N2/c1-63(2)58-30-16-13-27-53(58)54-39-35-45(41-59(54)63)43-33-36-47(37-34-43)64(48-38-40-57-56-29-15-18-32-61(56)65(62(57)42-48)46-21-7-4-8-22-46)60-31-17-14-28-55(60)52-26-12-11-25-51(52)50-24-10-9-23-49(50)44-19-5-3-6-20-44/h3-42H,1-2H3. The molecule has 0 radical (unpaired) electrons. The fourth-order valence-electron chi connectivity index (χ4n) is 10.5. The molecular formula is C63H46N2. The Bertz CT molecular complexity index is 3560. The summed E-state index contributed by atoms with van der Waals surface area (Å²) in [7, 11) is 0. The summed E-state index contributed by atoms with van der Waals surface area (Å²) in [6.07, 6.45) is 0. The molecule has 0 amide bonds. The number of nitrogens with zero attached hydrogens (tertiary/aromatic N) is 2. The molecule has 0 unspecified atom stereocenters. The number of benzene rings is 10. The van der Waals surface area contributed by atoms with Crippen LogP contribution in [0.5, 0.6) is 0 Å². The molecular weight excluding hydrogens is 785 g/mol. The largest absolute Gasteiger partial charge is 0.310 e. The van der Waals surface area contributed by atoms with Gasteiger partial charge in [0.1, 0.15) is 0 Å². The normalized spacial score (nSPS) is 12.6. The second-order valence-electron chi connectivity index (χ2n) is 17.7. The monoisotopic (exact) mass is 830 g/mol. The number of anilines is 3. The minimum Gasteiger partial charge on any atom is -0.310 e. The van der Waals surface area contributed by atoms with Crippen molar-refractivity contribution in [3.8, 4) is 61.3 Å². The van der Waals surface area contributed by atoms with E-state index >= 15 is 0 Å².